The molecule has 0 bridgehead atoms. The molecule has 1 N–H and O–H groups in total. The molecule has 2 rings (SSSR count). The smallest absolute Gasteiger partial charge is 0.218 e. The van der Waals surface area contributed by atoms with Crippen LogP contribution in [0.2, 0.25) is 0 Å². The van der Waals surface area contributed by atoms with Crippen molar-refractivity contribution in [2.75, 3.05) is 13.2 Å². The van der Waals surface area contributed by atoms with E-state index < -0.39 is 21.6 Å². The van der Waals surface area contributed by atoms with Gasteiger partial charge in [0.25, 0.3) is 0 Å². The molecular weight excluding hydrogens is 283 g/mol. The van der Waals surface area contributed by atoms with Gasteiger partial charge in [0.15, 0.2) is 0 Å². The SMILES string of the molecule is N#Cc1ccc(F)c(CS(=O)(=O)N(CCO)C2CC2)c1. The lowest BCUT2D eigenvalue weighted by Gasteiger charge is -2.21. The largest absolute Gasteiger partial charge is 0.395 e. The quantitative estimate of drug-likeness (QED) is 0.849. The van der Waals surface area contributed by atoms with Gasteiger partial charge in [0.1, 0.15) is 5.82 Å². The van der Waals surface area contributed by atoms with Crippen molar-refractivity contribution < 1.29 is 17.9 Å². The molecule has 5 nitrogen and oxygen atoms in total. The Morgan fingerprint density at radius 3 is 2.70 bits per heavy atom. The molecule has 1 aromatic rings. The molecule has 0 spiro atoms. The number of aliphatic hydroxyl groups excluding tert-OH is 1. The predicted molar refractivity (Wildman–Crippen MR) is 70.6 cm³/mol. The fourth-order valence-electron chi connectivity index (χ4n) is 2.04. The fraction of sp³-hybridized carbons (Fsp3) is 0.462. The van der Waals surface area contributed by atoms with Crippen LogP contribution in [-0.4, -0.2) is 37.0 Å². The Morgan fingerprint density at radius 2 is 2.15 bits per heavy atom. The van der Waals surface area contributed by atoms with Gasteiger partial charge in [-0.2, -0.15) is 9.57 Å². The summed E-state index contributed by atoms with van der Waals surface area (Å²) < 4.78 is 39.5. The van der Waals surface area contributed by atoms with Crippen LogP contribution in [0.5, 0.6) is 0 Å². The van der Waals surface area contributed by atoms with Gasteiger partial charge in [-0.1, -0.05) is 0 Å². The second-order valence-corrected chi connectivity index (χ2v) is 6.66. The topological polar surface area (TPSA) is 81.4 Å². The Balaban J connectivity index is 2.25. The third kappa shape index (κ3) is 3.33. The van der Waals surface area contributed by atoms with Gasteiger partial charge in [0.2, 0.25) is 10.0 Å². The molecule has 0 saturated heterocycles. The minimum absolute atomic E-state index is 0.0204. The lowest BCUT2D eigenvalue weighted by Crippen LogP contribution is -2.36. The van der Waals surface area contributed by atoms with Crippen LogP contribution in [0.4, 0.5) is 4.39 Å². The minimum atomic E-state index is -3.70. The average molecular weight is 298 g/mol. The molecule has 1 aliphatic rings. The highest BCUT2D eigenvalue weighted by molar-refractivity contribution is 7.88. The van der Waals surface area contributed by atoms with E-state index in [1.807, 2.05) is 6.07 Å². The average Bonchev–Trinajstić information content (AvgIpc) is 3.22. The summed E-state index contributed by atoms with van der Waals surface area (Å²) in [7, 11) is -3.70. The van der Waals surface area contributed by atoms with Gasteiger partial charge >= 0.3 is 0 Å². The lowest BCUT2D eigenvalue weighted by atomic mass is 10.1. The van der Waals surface area contributed by atoms with Crippen LogP contribution in [0.15, 0.2) is 18.2 Å². The van der Waals surface area contributed by atoms with E-state index >= 15 is 0 Å². The first-order valence-electron chi connectivity index (χ1n) is 6.27. The van der Waals surface area contributed by atoms with Crippen LogP contribution in [0.25, 0.3) is 0 Å². The third-order valence-corrected chi connectivity index (χ3v) is 5.02. The van der Waals surface area contributed by atoms with Gasteiger partial charge in [-0.15, -0.1) is 0 Å². The molecule has 1 saturated carbocycles. The molecule has 0 atom stereocenters. The molecule has 0 radical (unpaired) electrons. The molecule has 1 aromatic carbocycles. The molecule has 108 valence electrons. The highest BCUT2D eigenvalue weighted by Gasteiger charge is 2.37. The van der Waals surface area contributed by atoms with Crippen LogP contribution in [0, 0.1) is 17.1 Å². The van der Waals surface area contributed by atoms with E-state index in [0.29, 0.717) is 0 Å². The van der Waals surface area contributed by atoms with Crippen molar-refractivity contribution in [1.29, 1.82) is 5.26 Å². The summed E-state index contributed by atoms with van der Waals surface area (Å²) in [5, 5.41) is 17.7. The Kier molecular flexibility index (Phi) is 4.38. The van der Waals surface area contributed by atoms with Crippen LogP contribution >= 0.6 is 0 Å². The maximum absolute atomic E-state index is 13.7. The number of halogens is 1. The van der Waals surface area contributed by atoms with E-state index in [4.69, 9.17) is 10.4 Å². The van der Waals surface area contributed by atoms with Gasteiger partial charge in [-0.25, -0.2) is 12.8 Å². The Bertz CT molecular complexity index is 636. The Morgan fingerprint density at radius 1 is 1.45 bits per heavy atom. The highest BCUT2D eigenvalue weighted by atomic mass is 32.2. The van der Waals surface area contributed by atoms with Crippen LogP contribution < -0.4 is 0 Å². The number of nitriles is 1. The third-order valence-electron chi connectivity index (χ3n) is 3.14. The summed E-state index contributed by atoms with van der Waals surface area (Å²) in [5.41, 5.74) is 0.198. The maximum Gasteiger partial charge on any atom is 0.218 e. The molecule has 7 heteroatoms. The van der Waals surface area contributed by atoms with Gasteiger partial charge in [-0.3, -0.25) is 0 Å². The predicted octanol–water partition coefficient (Wildman–Crippen LogP) is 0.984. The molecule has 0 heterocycles. The number of hydrogen-bond acceptors (Lipinski definition) is 4. The van der Waals surface area contributed by atoms with Crippen molar-refractivity contribution in [3.05, 3.63) is 35.1 Å². The van der Waals surface area contributed by atoms with Gasteiger partial charge < -0.3 is 5.11 Å². The molecule has 1 fully saturated rings. The zero-order chi connectivity index (χ0) is 14.8. The molecule has 0 aromatic heterocycles. The Hall–Kier alpha value is -1.49. The summed E-state index contributed by atoms with van der Waals surface area (Å²) in [6, 6.07) is 5.41. The summed E-state index contributed by atoms with van der Waals surface area (Å²) in [4.78, 5) is 0. The van der Waals surface area contributed by atoms with Crippen molar-refractivity contribution in [3.63, 3.8) is 0 Å². The van der Waals surface area contributed by atoms with Crippen molar-refractivity contribution in [2.24, 2.45) is 0 Å². The van der Waals surface area contributed by atoms with Crippen LogP contribution in [0.3, 0.4) is 0 Å². The normalized spacial score (nSPS) is 15.3. The molecule has 0 aliphatic heterocycles. The zero-order valence-corrected chi connectivity index (χ0v) is 11.6. The molecule has 1 aliphatic carbocycles. The first-order chi connectivity index (χ1) is 9.47. The highest BCUT2D eigenvalue weighted by Crippen LogP contribution is 2.30. The first kappa shape index (κ1) is 14.9. The second-order valence-electron chi connectivity index (χ2n) is 4.74. The van der Waals surface area contributed by atoms with Crippen molar-refractivity contribution >= 4 is 10.0 Å². The van der Waals surface area contributed by atoms with E-state index in [1.54, 1.807) is 0 Å². The number of sulfonamides is 1. The van der Waals surface area contributed by atoms with Crippen molar-refractivity contribution in [3.8, 4) is 6.07 Å². The molecule has 0 unspecified atom stereocenters. The maximum atomic E-state index is 13.7. The molecule has 0 amide bonds. The van der Waals surface area contributed by atoms with E-state index in [1.165, 1.54) is 16.4 Å². The number of aliphatic hydroxyl groups is 1. The van der Waals surface area contributed by atoms with E-state index in [2.05, 4.69) is 0 Å². The van der Waals surface area contributed by atoms with Gasteiger partial charge in [-0.05, 0) is 31.0 Å². The summed E-state index contributed by atoms with van der Waals surface area (Å²) in [5.74, 6) is -1.14. The van der Waals surface area contributed by atoms with Crippen molar-refractivity contribution in [1.82, 2.24) is 4.31 Å². The van der Waals surface area contributed by atoms with E-state index in [-0.39, 0.29) is 30.3 Å². The van der Waals surface area contributed by atoms with Crippen molar-refractivity contribution in [2.45, 2.75) is 24.6 Å². The van der Waals surface area contributed by atoms with Crippen LogP contribution in [-0.2, 0) is 15.8 Å². The number of nitrogens with zero attached hydrogens (tertiary/aromatic N) is 2. The lowest BCUT2D eigenvalue weighted by molar-refractivity contribution is 0.250. The second kappa shape index (κ2) is 5.87. The summed E-state index contributed by atoms with van der Waals surface area (Å²) in [6.07, 6.45) is 1.53. The molecular formula is C13H15FN2O3S. The number of benzene rings is 1. The summed E-state index contributed by atoms with van der Waals surface area (Å²) >= 11 is 0. The Labute approximate surface area is 117 Å². The van der Waals surface area contributed by atoms with Gasteiger partial charge in [0.05, 0.1) is 24.0 Å². The standard InChI is InChI=1S/C13H15FN2O3S/c14-13-4-1-10(8-15)7-11(13)9-20(18,19)16(5-6-17)12-2-3-12/h1,4,7,12,17H,2-3,5-6,9H2. The number of hydrogen-bond donors (Lipinski definition) is 1. The number of rotatable bonds is 6. The molecule has 20 heavy (non-hydrogen) atoms. The minimum Gasteiger partial charge on any atom is -0.395 e. The summed E-state index contributed by atoms with van der Waals surface area (Å²) in [6.45, 7) is -0.247. The first-order valence-corrected chi connectivity index (χ1v) is 7.88. The van der Waals surface area contributed by atoms with Gasteiger partial charge in [0, 0.05) is 18.2 Å². The fourth-order valence-corrected chi connectivity index (χ4v) is 3.85. The van der Waals surface area contributed by atoms with Crippen LogP contribution in [0.1, 0.15) is 24.0 Å². The van der Waals surface area contributed by atoms with E-state index in [9.17, 15) is 12.8 Å². The monoisotopic (exact) mass is 298 g/mol. The van der Waals surface area contributed by atoms with E-state index in [0.717, 1.165) is 18.9 Å². The zero-order valence-electron chi connectivity index (χ0n) is 10.8.